The van der Waals surface area contributed by atoms with Crippen LogP contribution in [0.4, 0.5) is 30.7 Å². The van der Waals surface area contributed by atoms with Crippen LogP contribution in [-0.4, -0.2) is 11.3 Å². The van der Waals surface area contributed by atoms with Crippen LogP contribution in [0.25, 0.3) is 11.3 Å². The van der Waals surface area contributed by atoms with Crippen LogP contribution in [0.15, 0.2) is 36.5 Å². The first-order chi connectivity index (χ1) is 10.1. The SMILES string of the molecule is Fc1ccnc(-c2ccc(OC(F)(F)F)cc2)c1C(F)(F)F. The third-order valence-electron chi connectivity index (χ3n) is 2.54. The Kier molecular flexibility index (Phi) is 3.99. The molecule has 0 aliphatic heterocycles. The number of halogens is 7. The number of rotatable bonds is 2. The van der Waals surface area contributed by atoms with Gasteiger partial charge in [-0.1, -0.05) is 0 Å². The lowest BCUT2D eigenvalue weighted by Gasteiger charge is -2.13. The summed E-state index contributed by atoms with van der Waals surface area (Å²) in [6.45, 7) is 0. The molecular weight excluding hydrogens is 319 g/mol. The third kappa shape index (κ3) is 3.66. The molecule has 0 saturated carbocycles. The fraction of sp³-hybridized carbons (Fsp3) is 0.154. The molecule has 0 atom stereocenters. The highest BCUT2D eigenvalue weighted by molar-refractivity contribution is 5.64. The normalized spacial score (nSPS) is 12.3. The molecule has 2 rings (SSSR count). The first-order valence-electron chi connectivity index (χ1n) is 5.66. The molecule has 1 aromatic heterocycles. The molecule has 0 aliphatic rings. The van der Waals surface area contributed by atoms with Gasteiger partial charge in [-0.15, -0.1) is 13.2 Å². The van der Waals surface area contributed by atoms with Gasteiger partial charge in [0.25, 0.3) is 0 Å². The van der Waals surface area contributed by atoms with Crippen molar-refractivity contribution in [2.75, 3.05) is 0 Å². The first-order valence-corrected chi connectivity index (χ1v) is 5.66. The summed E-state index contributed by atoms with van der Waals surface area (Å²) < 4.78 is 91.5. The van der Waals surface area contributed by atoms with Gasteiger partial charge in [-0.3, -0.25) is 4.98 Å². The molecule has 2 nitrogen and oxygen atoms in total. The molecule has 0 saturated heterocycles. The second kappa shape index (κ2) is 5.47. The minimum absolute atomic E-state index is 0.193. The zero-order valence-electron chi connectivity index (χ0n) is 10.5. The number of alkyl halides is 6. The molecule has 0 N–H and O–H groups in total. The van der Waals surface area contributed by atoms with Crippen molar-refractivity contribution in [3.8, 4) is 17.0 Å². The average Bonchev–Trinajstić information content (AvgIpc) is 2.36. The summed E-state index contributed by atoms with van der Waals surface area (Å²) in [7, 11) is 0. The van der Waals surface area contributed by atoms with Crippen LogP contribution in [0.3, 0.4) is 0 Å². The van der Waals surface area contributed by atoms with Crippen molar-refractivity contribution in [1.29, 1.82) is 0 Å². The number of hydrogen-bond acceptors (Lipinski definition) is 2. The summed E-state index contributed by atoms with van der Waals surface area (Å²) in [4.78, 5) is 3.46. The zero-order valence-corrected chi connectivity index (χ0v) is 10.5. The van der Waals surface area contributed by atoms with Crippen LogP contribution < -0.4 is 4.74 Å². The maximum atomic E-state index is 13.4. The molecule has 9 heteroatoms. The van der Waals surface area contributed by atoms with Crippen LogP contribution in [0.2, 0.25) is 0 Å². The van der Waals surface area contributed by atoms with Gasteiger partial charge in [-0.2, -0.15) is 13.2 Å². The molecule has 0 aliphatic carbocycles. The van der Waals surface area contributed by atoms with Crippen molar-refractivity contribution in [3.63, 3.8) is 0 Å². The number of hydrogen-bond donors (Lipinski definition) is 0. The van der Waals surface area contributed by atoms with Crippen molar-refractivity contribution in [2.24, 2.45) is 0 Å². The van der Waals surface area contributed by atoms with Gasteiger partial charge in [0, 0.05) is 11.8 Å². The van der Waals surface area contributed by atoms with Gasteiger partial charge in [0.15, 0.2) is 0 Å². The van der Waals surface area contributed by atoms with Gasteiger partial charge in [0.2, 0.25) is 0 Å². The molecule has 1 aromatic carbocycles. The summed E-state index contributed by atoms with van der Waals surface area (Å²) in [6, 6.07) is 4.04. The van der Waals surface area contributed by atoms with Crippen LogP contribution in [0.1, 0.15) is 5.56 Å². The Hall–Kier alpha value is -2.32. The minimum atomic E-state index is -4.99. The van der Waals surface area contributed by atoms with Gasteiger partial charge in [0.1, 0.15) is 17.1 Å². The van der Waals surface area contributed by atoms with Crippen molar-refractivity contribution < 1.29 is 35.5 Å². The Morgan fingerprint density at radius 1 is 0.864 bits per heavy atom. The molecule has 118 valence electrons. The fourth-order valence-corrected chi connectivity index (χ4v) is 1.74. The fourth-order valence-electron chi connectivity index (χ4n) is 1.74. The number of benzene rings is 1. The Bertz CT molecular complexity index is 662. The third-order valence-corrected chi connectivity index (χ3v) is 2.54. The maximum absolute atomic E-state index is 13.4. The highest BCUT2D eigenvalue weighted by Gasteiger charge is 2.38. The topological polar surface area (TPSA) is 22.1 Å². The van der Waals surface area contributed by atoms with Gasteiger partial charge in [0.05, 0.1) is 5.69 Å². The number of nitrogens with zero attached hydrogens (tertiary/aromatic N) is 1. The number of aromatic nitrogens is 1. The number of pyridine rings is 1. The minimum Gasteiger partial charge on any atom is -0.406 e. The molecule has 0 fully saturated rings. The lowest BCUT2D eigenvalue weighted by Crippen LogP contribution is -2.17. The van der Waals surface area contributed by atoms with E-state index in [-0.39, 0.29) is 5.56 Å². The summed E-state index contributed by atoms with van der Waals surface area (Å²) in [5.41, 5.74) is -2.49. The van der Waals surface area contributed by atoms with Crippen LogP contribution in [0.5, 0.6) is 5.75 Å². The molecule has 0 spiro atoms. The second-order valence-electron chi connectivity index (χ2n) is 4.09. The predicted octanol–water partition coefficient (Wildman–Crippen LogP) is 4.81. The summed E-state index contributed by atoms with van der Waals surface area (Å²) in [5, 5.41) is 0. The van der Waals surface area contributed by atoms with E-state index in [0.29, 0.717) is 6.07 Å². The molecule has 2 aromatic rings. The van der Waals surface area contributed by atoms with E-state index in [1.54, 1.807) is 0 Å². The Morgan fingerprint density at radius 2 is 1.45 bits per heavy atom. The molecule has 22 heavy (non-hydrogen) atoms. The van der Waals surface area contributed by atoms with Gasteiger partial charge in [-0.05, 0) is 30.3 Å². The monoisotopic (exact) mass is 325 g/mol. The maximum Gasteiger partial charge on any atom is 0.573 e. The lowest BCUT2D eigenvalue weighted by atomic mass is 10.0. The van der Waals surface area contributed by atoms with Crippen molar-refractivity contribution in [1.82, 2.24) is 4.98 Å². The molecule has 1 heterocycles. The van der Waals surface area contributed by atoms with E-state index in [1.165, 1.54) is 0 Å². The van der Waals surface area contributed by atoms with E-state index in [1.807, 2.05) is 0 Å². The van der Waals surface area contributed by atoms with Gasteiger partial charge < -0.3 is 4.74 Å². The molecule has 0 radical (unpaired) electrons. The van der Waals surface area contributed by atoms with E-state index < -0.39 is 35.4 Å². The lowest BCUT2D eigenvalue weighted by molar-refractivity contribution is -0.274. The van der Waals surface area contributed by atoms with Gasteiger partial charge >= 0.3 is 12.5 Å². The molecule has 0 amide bonds. The highest BCUT2D eigenvalue weighted by atomic mass is 19.4. The van der Waals surface area contributed by atoms with E-state index in [2.05, 4.69) is 9.72 Å². The van der Waals surface area contributed by atoms with Crippen molar-refractivity contribution in [2.45, 2.75) is 12.5 Å². The Morgan fingerprint density at radius 3 is 1.95 bits per heavy atom. The molecule has 0 bridgehead atoms. The van der Waals surface area contributed by atoms with Crippen LogP contribution >= 0.6 is 0 Å². The smallest absolute Gasteiger partial charge is 0.406 e. The Labute approximate surface area is 119 Å². The summed E-state index contributed by atoms with van der Waals surface area (Å²) in [5.74, 6) is -2.13. The van der Waals surface area contributed by atoms with E-state index in [9.17, 15) is 30.7 Å². The quantitative estimate of drug-likeness (QED) is 0.740. The summed E-state index contributed by atoms with van der Waals surface area (Å²) in [6.07, 6.45) is -9.08. The first kappa shape index (κ1) is 16.1. The summed E-state index contributed by atoms with van der Waals surface area (Å²) >= 11 is 0. The predicted molar refractivity (Wildman–Crippen MR) is 61.3 cm³/mol. The van der Waals surface area contributed by atoms with E-state index in [0.717, 1.165) is 30.5 Å². The zero-order chi connectivity index (χ0) is 16.5. The largest absolute Gasteiger partial charge is 0.573 e. The van der Waals surface area contributed by atoms with E-state index in [4.69, 9.17) is 0 Å². The van der Waals surface area contributed by atoms with E-state index >= 15 is 0 Å². The second-order valence-corrected chi connectivity index (χ2v) is 4.09. The van der Waals surface area contributed by atoms with Crippen molar-refractivity contribution in [3.05, 3.63) is 47.9 Å². The average molecular weight is 325 g/mol. The van der Waals surface area contributed by atoms with Crippen molar-refractivity contribution >= 4 is 0 Å². The van der Waals surface area contributed by atoms with Gasteiger partial charge in [-0.25, -0.2) is 4.39 Å². The number of ether oxygens (including phenoxy) is 1. The van der Waals surface area contributed by atoms with Crippen LogP contribution in [0, 0.1) is 5.82 Å². The van der Waals surface area contributed by atoms with Crippen LogP contribution in [-0.2, 0) is 6.18 Å². The highest BCUT2D eigenvalue weighted by Crippen LogP contribution is 2.38. The Balaban J connectivity index is 2.43. The molecular formula is C13H6F7NO. The standard InChI is InChI=1S/C13H6F7NO/c14-9-5-6-21-11(10(9)12(15,16)17)7-1-3-8(4-2-7)22-13(18,19)20/h1-6H. The molecule has 0 unspecified atom stereocenters.